The van der Waals surface area contributed by atoms with E-state index in [0.717, 1.165) is 0 Å². The number of benzene rings is 1. The first-order valence-electron chi connectivity index (χ1n) is 4.16. The second kappa shape index (κ2) is 4.75. The lowest BCUT2D eigenvalue weighted by Gasteiger charge is -2.08. The number of thiocarbonyl (C=S) groups is 1. The summed E-state index contributed by atoms with van der Waals surface area (Å²) in [6.45, 7) is 0. The van der Waals surface area contributed by atoms with Crippen molar-refractivity contribution in [3.63, 3.8) is 0 Å². The summed E-state index contributed by atoms with van der Waals surface area (Å²) in [6.07, 6.45) is 0. The molecule has 0 saturated carbocycles. The average Bonchev–Trinajstić information content (AvgIpc) is 2.27. The lowest BCUT2D eigenvalue weighted by molar-refractivity contribution is 0.0600. The third-order valence-electron chi connectivity index (χ3n) is 1.89. The van der Waals surface area contributed by atoms with Crippen LogP contribution in [0.25, 0.3) is 0 Å². The molecule has 1 aromatic rings. The van der Waals surface area contributed by atoms with E-state index in [4.69, 9.17) is 22.7 Å². The number of nitrogens with two attached hydrogens (primary N) is 1. The lowest BCUT2D eigenvalue weighted by atomic mass is 10.1. The molecule has 5 heteroatoms. The third-order valence-corrected chi connectivity index (χ3v) is 2.11. The Morgan fingerprint density at radius 3 is 2.53 bits per heavy atom. The number of carbonyl (C=O) groups is 1. The van der Waals surface area contributed by atoms with Gasteiger partial charge in [-0.3, -0.25) is 0 Å². The highest BCUT2D eigenvalue weighted by Gasteiger charge is 2.11. The Morgan fingerprint density at radius 2 is 2.07 bits per heavy atom. The highest BCUT2D eigenvalue weighted by molar-refractivity contribution is 7.80. The van der Waals surface area contributed by atoms with E-state index in [1.807, 2.05) is 0 Å². The molecular formula is C10H11NO3S. The fourth-order valence-corrected chi connectivity index (χ4v) is 1.30. The van der Waals surface area contributed by atoms with Crippen LogP contribution in [0.2, 0.25) is 0 Å². The maximum Gasteiger partial charge on any atom is 0.337 e. The molecule has 0 bridgehead atoms. The molecule has 0 saturated heterocycles. The van der Waals surface area contributed by atoms with Crippen molar-refractivity contribution in [2.24, 2.45) is 5.73 Å². The molecule has 2 N–H and O–H groups in total. The van der Waals surface area contributed by atoms with Gasteiger partial charge in [0.15, 0.2) is 0 Å². The summed E-state index contributed by atoms with van der Waals surface area (Å²) in [5, 5.41) is 0. The maximum absolute atomic E-state index is 11.2. The number of rotatable bonds is 3. The Morgan fingerprint density at radius 1 is 1.40 bits per heavy atom. The van der Waals surface area contributed by atoms with Gasteiger partial charge in [-0.05, 0) is 18.2 Å². The van der Waals surface area contributed by atoms with E-state index in [9.17, 15) is 4.79 Å². The minimum Gasteiger partial charge on any atom is -0.496 e. The summed E-state index contributed by atoms with van der Waals surface area (Å²) in [4.78, 5) is 11.4. The van der Waals surface area contributed by atoms with Gasteiger partial charge >= 0.3 is 5.97 Å². The quantitative estimate of drug-likeness (QED) is 0.617. The van der Waals surface area contributed by atoms with Crippen molar-refractivity contribution < 1.29 is 14.3 Å². The van der Waals surface area contributed by atoms with E-state index in [2.05, 4.69) is 4.74 Å². The van der Waals surface area contributed by atoms with Crippen LogP contribution in [0.3, 0.4) is 0 Å². The molecule has 0 heterocycles. The number of ether oxygens (including phenoxy) is 2. The van der Waals surface area contributed by atoms with E-state index >= 15 is 0 Å². The Kier molecular flexibility index (Phi) is 3.62. The van der Waals surface area contributed by atoms with Crippen LogP contribution >= 0.6 is 12.2 Å². The van der Waals surface area contributed by atoms with Crippen LogP contribution in [0.4, 0.5) is 0 Å². The minimum absolute atomic E-state index is 0.178. The Hall–Kier alpha value is -1.62. The van der Waals surface area contributed by atoms with Crippen molar-refractivity contribution in [2.45, 2.75) is 0 Å². The Labute approximate surface area is 93.0 Å². The molecule has 0 unspecified atom stereocenters. The van der Waals surface area contributed by atoms with Crippen molar-refractivity contribution in [2.75, 3.05) is 14.2 Å². The molecule has 0 aliphatic carbocycles. The van der Waals surface area contributed by atoms with Gasteiger partial charge in [-0.15, -0.1) is 0 Å². The van der Waals surface area contributed by atoms with Gasteiger partial charge in [0.25, 0.3) is 0 Å². The molecule has 1 rings (SSSR count). The number of esters is 1. The molecule has 0 amide bonds. The second-order valence-corrected chi connectivity index (χ2v) is 3.21. The molecule has 0 radical (unpaired) electrons. The van der Waals surface area contributed by atoms with Crippen LogP contribution in [0.1, 0.15) is 15.9 Å². The Bertz CT molecular complexity index is 404. The van der Waals surface area contributed by atoms with E-state index in [0.29, 0.717) is 16.9 Å². The predicted octanol–water partition coefficient (Wildman–Crippen LogP) is 1.12. The van der Waals surface area contributed by atoms with Crippen molar-refractivity contribution in [1.82, 2.24) is 0 Å². The van der Waals surface area contributed by atoms with Crippen LogP contribution in [-0.2, 0) is 4.74 Å². The molecule has 0 spiro atoms. The Balaban J connectivity index is 3.22. The summed E-state index contributed by atoms with van der Waals surface area (Å²) in [5.74, 6) is 0.102. The zero-order chi connectivity index (χ0) is 11.4. The zero-order valence-electron chi connectivity index (χ0n) is 8.44. The summed E-state index contributed by atoms with van der Waals surface area (Å²) in [6, 6.07) is 4.76. The molecule has 1 aromatic carbocycles. The van der Waals surface area contributed by atoms with Crippen LogP contribution in [0, 0.1) is 0 Å². The smallest absolute Gasteiger partial charge is 0.337 e. The molecule has 0 aliphatic heterocycles. The standard InChI is InChI=1S/C10H11NO3S/c1-13-8-4-3-6(10(12)14-2)5-7(8)9(11)15/h3-5H,1-2H3,(H2,11,15). The normalized spacial score (nSPS) is 9.47. The molecule has 0 atom stereocenters. The topological polar surface area (TPSA) is 61.5 Å². The van der Waals surface area contributed by atoms with Gasteiger partial charge in [0.2, 0.25) is 0 Å². The van der Waals surface area contributed by atoms with Gasteiger partial charge in [0, 0.05) is 0 Å². The van der Waals surface area contributed by atoms with E-state index in [-0.39, 0.29) is 4.99 Å². The molecule has 0 aliphatic rings. The van der Waals surface area contributed by atoms with Crippen molar-refractivity contribution >= 4 is 23.2 Å². The van der Waals surface area contributed by atoms with Crippen LogP contribution in [-0.4, -0.2) is 25.2 Å². The lowest BCUT2D eigenvalue weighted by Crippen LogP contribution is -2.12. The highest BCUT2D eigenvalue weighted by Crippen LogP contribution is 2.20. The van der Waals surface area contributed by atoms with Gasteiger partial charge < -0.3 is 15.2 Å². The van der Waals surface area contributed by atoms with Gasteiger partial charge in [-0.2, -0.15) is 0 Å². The average molecular weight is 225 g/mol. The number of hydrogen-bond donors (Lipinski definition) is 1. The van der Waals surface area contributed by atoms with Crippen LogP contribution in [0.5, 0.6) is 5.75 Å². The number of carbonyl (C=O) groups excluding carboxylic acids is 1. The van der Waals surface area contributed by atoms with Gasteiger partial charge in [0.05, 0.1) is 25.3 Å². The fourth-order valence-electron chi connectivity index (χ4n) is 1.15. The predicted molar refractivity (Wildman–Crippen MR) is 60.2 cm³/mol. The largest absolute Gasteiger partial charge is 0.496 e. The van der Waals surface area contributed by atoms with Crippen LogP contribution < -0.4 is 10.5 Å². The molecular weight excluding hydrogens is 214 g/mol. The van der Waals surface area contributed by atoms with E-state index < -0.39 is 5.97 Å². The van der Waals surface area contributed by atoms with E-state index in [1.54, 1.807) is 18.2 Å². The summed E-state index contributed by atoms with van der Waals surface area (Å²) >= 11 is 4.84. The SMILES string of the molecule is COC(=O)c1ccc(OC)c(C(N)=S)c1. The van der Waals surface area contributed by atoms with Gasteiger partial charge in [-0.25, -0.2) is 4.79 Å². The van der Waals surface area contributed by atoms with Gasteiger partial charge in [-0.1, -0.05) is 12.2 Å². The first-order chi connectivity index (χ1) is 7.10. The summed E-state index contributed by atoms with van der Waals surface area (Å²) in [7, 11) is 2.82. The fraction of sp³-hybridized carbons (Fsp3) is 0.200. The molecule has 0 aromatic heterocycles. The molecule has 4 nitrogen and oxygen atoms in total. The molecule has 80 valence electrons. The van der Waals surface area contributed by atoms with Crippen molar-refractivity contribution in [3.8, 4) is 5.75 Å². The van der Waals surface area contributed by atoms with Crippen molar-refractivity contribution in [1.29, 1.82) is 0 Å². The first kappa shape index (κ1) is 11.5. The maximum atomic E-state index is 11.2. The second-order valence-electron chi connectivity index (χ2n) is 2.77. The minimum atomic E-state index is -0.435. The van der Waals surface area contributed by atoms with Crippen LogP contribution in [0.15, 0.2) is 18.2 Å². The zero-order valence-corrected chi connectivity index (χ0v) is 9.26. The molecule has 0 fully saturated rings. The number of methoxy groups -OCH3 is 2. The summed E-state index contributed by atoms with van der Waals surface area (Å²) in [5.41, 5.74) is 6.41. The number of hydrogen-bond acceptors (Lipinski definition) is 4. The van der Waals surface area contributed by atoms with Crippen molar-refractivity contribution in [3.05, 3.63) is 29.3 Å². The first-order valence-corrected chi connectivity index (χ1v) is 4.57. The molecule has 15 heavy (non-hydrogen) atoms. The third kappa shape index (κ3) is 2.44. The summed E-state index contributed by atoms with van der Waals surface area (Å²) < 4.78 is 9.64. The van der Waals surface area contributed by atoms with Gasteiger partial charge in [0.1, 0.15) is 10.7 Å². The highest BCUT2D eigenvalue weighted by atomic mass is 32.1. The van der Waals surface area contributed by atoms with E-state index in [1.165, 1.54) is 14.2 Å². The monoisotopic (exact) mass is 225 g/mol.